The van der Waals surface area contributed by atoms with E-state index in [0.29, 0.717) is 6.54 Å². The van der Waals surface area contributed by atoms with Gasteiger partial charge in [0.05, 0.1) is 0 Å². The van der Waals surface area contributed by atoms with Gasteiger partial charge in [-0.2, -0.15) is 0 Å². The second-order valence-electron chi connectivity index (χ2n) is 5.64. The van der Waals surface area contributed by atoms with Crippen LogP contribution in [0.4, 0.5) is 5.82 Å². The molecule has 1 atom stereocenters. The van der Waals surface area contributed by atoms with Gasteiger partial charge in [-0.25, -0.2) is 4.98 Å². The second kappa shape index (κ2) is 8.58. The molecule has 6 heteroatoms. The molecule has 0 amide bonds. The number of hydrogen-bond acceptors (Lipinski definition) is 4. The summed E-state index contributed by atoms with van der Waals surface area (Å²) in [5, 5.41) is 12.5. The number of aliphatic hydroxyl groups is 1. The van der Waals surface area contributed by atoms with Crippen molar-refractivity contribution in [2.45, 2.75) is 13.8 Å². The van der Waals surface area contributed by atoms with Crippen LogP contribution in [0.3, 0.4) is 0 Å². The molecule has 22 heavy (non-hydrogen) atoms. The van der Waals surface area contributed by atoms with E-state index in [1.165, 1.54) is 0 Å². The number of hydrogen-bond donors (Lipinski definition) is 2. The van der Waals surface area contributed by atoms with Gasteiger partial charge in [0.15, 0.2) is 5.96 Å². The number of aliphatic hydroxyl groups excluding tert-OH is 1. The number of guanidine groups is 1. The third-order valence-corrected chi connectivity index (χ3v) is 3.75. The van der Waals surface area contributed by atoms with Crippen LogP contribution in [0.15, 0.2) is 29.4 Å². The van der Waals surface area contributed by atoms with Gasteiger partial charge in [0, 0.05) is 52.1 Å². The minimum Gasteiger partial charge on any atom is -0.396 e. The van der Waals surface area contributed by atoms with Crippen molar-refractivity contribution in [3.8, 4) is 0 Å². The van der Waals surface area contributed by atoms with Crippen LogP contribution in [0, 0.1) is 5.92 Å². The third-order valence-electron chi connectivity index (χ3n) is 3.75. The highest BCUT2D eigenvalue weighted by Gasteiger charge is 2.20. The summed E-state index contributed by atoms with van der Waals surface area (Å²) in [4.78, 5) is 13.6. The molecule has 1 aliphatic heterocycles. The first-order valence-corrected chi connectivity index (χ1v) is 8.04. The number of rotatable bonds is 5. The first-order chi connectivity index (χ1) is 10.7. The number of aliphatic imine (C=N–C) groups is 1. The van der Waals surface area contributed by atoms with Crippen molar-refractivity contribution in [3.63, 3.8) is 0 Å². The zero-order valence-electron chi connectivity index (χ0n) is 13.6. The Morgan fingerprint density at radius 3 is 2.73 bits per heavy atom. The second-order valence-corrected chi connectivity index (χ2v) is 5.64. The van der Waals surface area contributed by atoms with Crippen LogP contribution in [0.1, 0.15) is 13.8 Å². The van der Waals surface area contributed by atoms with E-state index in [1.54, 1.807) is 0 Å². The van der Waals surface area contributed by atoms with Gasteiger partial charge in [-0.05, 0) is 25.0 Å². The predicted octanol–water partition coefficient (Wildman–Crippen LogP) is 0.797. The Morgan fingerprint density at radius 2 is 2.14 bits per heavy atom. The Morgan fingerprint density at radius 1 is 1.36 bits per heavy atom. The molecule has 1 aromatic heterocycles. The SMILES string of the molecule is CCNC(=NCC(C)CO)N1CCN(c2ccccn2)CC1. The maximum atomic E-state index is 9.13. The Hall–Kier alpha value is -1.82. The van der Waals surface area contributed by atoms with Gasteiger partial charge in [0.1, 0.15) is 5.82 Å². The summed E-state index contributed by atoms with van der Waals surface area (Å²) in [6.07, 6.45) is 1.84. The molecule has 2 heterocycles. The summed E-state index contributed by atoms with van der Waals surface area (Å²) < 4.78 is 0. The molecule has 1 saturated heterocycles. The van der Waals surface area contributed by atoms with Crippen molar-refractivity contribution in [3.05, 3.63) is 24.4 Å². The molecule has 0 radical (unpaired) electrons. The highest BCUT2D eigenvalue weighted by Crippen LogP contribution is 2.12. The van der Waals surface area contributed by atoms with Crippen LogP contribution >= 0.6 is 0 Å². The van der Waals surface area contributed by atoms with E-state index in [1.807, 2.05) is 25.3 Å². The topological polar surface area (TPSA) is 64.0 Å². The van der Waals surface area contributed by atoms with Crippen LogP contribution < -0.4 is 10.2 Å². The van der Waals surface area contributed by atoms with Crippen LogP contribution in [-0.2, 0) is 0 Å². The zero-order chi connectivity index (χ0) is 15.8. The Bertz CT molecular complexity index is 457. The number of pyridine rings is 1. The summed E-state index contributed by atoms with van der Waals surface area (Å²) in [7, 11) is 0. The monoisotopic (exact) mass is 305 g/mol. The van der Waals surface area contributed by atoms with Crippen LogP contribution in [-0.4, -0.2) is 66.8 Å². The van der Waals surface area contributed by atoms with E-state index in [9.17, 15) is 0 Å². The van der Waals surface area contributed by atoms with E-state index in [2.05, 4.69) is 38.1 Å². The zero-order valence-corrected chi connectivity index (χ0v) is 13.6. The summed E-state index contributed by atoms with van der Waals surface area (Å²) in [5.41, 5.74) is 0. The largest absolute Gasteiger partial charge is 0.396 e. The van der Waals surface area contributed by atoms with E-state index in [0.717, 1.165) is 44.5 Å². The molecule has 2 N–H and O–H groups in total. The van der Waals surface area contributed by atoms with Crippen LogP contribution in [0.2, 0.25) is 0 Å². The molecule has 0 bridgehead atoms. The Balaban J connectivity index is 1.92. The first-order valence-electron chi connectivity index (χ1n) is 8.04. The maximum Gasteiger partial charge on any atom is 0.194 e. The quantitative estimate of drug-likeness (QED) is 0.622. The molecule has 0 aromatic carbocycles. The summed E-state index contributed by atoms with van der Waals surface area (Å²) in [5.74, 6) is 2.19. The summed E-state index contributed by atoms with van der Waals surface area (Å²) in [6, 6.07) is 6.02. The molecular weight excluding hydrogens is 278 g/mol. The van der Waals surface area contributed by atoms with Crippen molar-refractivity contribution >= 4 is 11.8 Å². The smallest absolute Gasteiger partial charge is 0.194 e. The molecule has 1 aliphatic rings. The van der Waals surface area contributed by atoms with Gasteiger partial charge >= 0.3 is 0 Å². The van der Waals surface area contributed by atoms with Crippen LogP contribution in [0.5, 0.6) is 0 Å². The lowest BCUT2D eigenvalue weighted by molar-refractivity contribution is 0.241. The van der Waals surface area contributed by atoms with Crippen molar-refractivity contribution in [2.75, 3.05) is 50.8 Å². The average molecular weight is 305 g/mol. The van der Waals surface area contributed by atoms with Gasteiger partial charge in [-0.3, -0.25) is 4.99 Å². The number of piperazine rings is 1. The number of nitrogens with one attached hydrogen (secondary N) is 1. The number of anilines is 1. The third kappa shape index (κ3) is 4.59. The van der Waals surface area contributed by atoms with Crippen molar-refractivity contribution in [1.29, 1.82) is 0 Å². The lowest BCUT2D eigenvalue weighted by Crippen LogP contribution is -2.52. The van der Waals surface area contributed by atoms with Crippen molar-refractivity contribution in [2.24, 2.45) is 10.9 Å². The molecular formula is C16H27N5O. The molecule has 1 aromatic rings. The lowest BCUT2D eigenvalue weighted by Gasteiger charge is -2.37. The average Bonchev–Trinajstić information content (AvgIpc) is 2.59. The highest BCUT2D eigenvalue weighted by molar-refractivity contribution is 5.80. The maximum absolute atomic E-state index is 9.13. The normalized spacial score (nSPS) is 17.5. The fraction of sp³-hybridized carbons (Fsp3) is 0.625. The number of nitrogens with zero attached hydrogens (tertiary/aromatic N) is 4. The van der Waals surface area contributed by atoms with Gasteiger partial charge < -0.3 is 20.2 Å². The van der Waals surface area contributed by atoms with E-state index < -0.39 is 0 Å². The van der Waals surface area contributed by atoms with Crippen LogP contribution in [0.25, 0.3) is 0 Å². The van der Waals surface area contributed by atoms with E-state index >= 15 is 0 Å². The fourth-order valence-electron chi connectivity index (χ4n) is 2.41. The Kier molecular flexibility index (Phi) is 6.45. The first kappa shape index (κ1) is 16.5. The predicted molar refractivity (Wildman–Crippen MR) is 90.3 cm³/mol. The fourth-order valence-corrected chi connectivity index (χ4v) is 2.41. The summed E-state index contributed by atoms with van der Waals surface area (Å²) in [6.45, 7) is 9.50. The minimum absolute atomic E-state index is 0.177. The van der Waals surface area contributed by atoms with Crippen molar-refractivity contribution < 1.29 is 5.11 Å². The lowest BCUT2D eigenvalue weighted by atomic mass is 10.2. The molecule has 122 valence electrons. The molecule has 0 saturated carbocycles. The van der Waals surface area contributed by atoms with Gasteiger partial charge in [0.25, 0.3) is 0 Å². The molecule has 6 nitrogen and oxygen atoms in total. The van der Waals surface area contributed by atoms with E-state index in [4.69, 9.17) is 5.11 Å². The molecule has 1 fully saturated rings. The highest BCUT2D eigenvalue weighted by atomic mass is 16.3. The molecule has 1 unspecified atom stereocenters. The molecule has 2 rings (SSSR count). The Labute approximate surface area is 132 Å². The standard InChI is InChI=1S/C16H27N5O/c1-3-17-16(19-12-14(2)13-22)21-10-8-20(9-11-21)15-6-4-5-7-18-15/h4-7,14,22H,3,8-13H2,1-2H3,(H,17,19). The van der Waals surface area contributed by atoms with Gasteiger partial charge in [-0.15, -0.1) is 0 Å². The minimum atomic E-state index is 0.177. The summed E-state index contributed by atoms with van der Waals surface area (Å²) >= 11 is 0. The van der Waals surface area contributed by atoms with Gasteiger partial charge in [0.2, 0.25) is 0 Å². The van der Waals surface area contributed by atoms with Gasteiger partial charge in [-0.1, -0.05) is 13.0 Å². The number of aromatic nitrogens is 1. The molecule has 0 aliphatic carbocycles. The van der Waals surface area contributed by atoms with E-state index in [-0.39, 0.29) is 12.5 Å². The molecule has 0 spiro atoms. The van der Waals surface area contributed by atoms with Crippen molar-refractivity contribution in [1.82, 2.24) is 15.2 Å².